The number of alkyl halides is 1. The molecular weight excluding hydrogens is 270 g/mol. The minimum atomic E-state index is -0.120. The van der Waals surface area contributed by atoms with Crippen molar-refractivity contribution in [2.45, 2.75) is 18.3 Å². The lowest BCUT2D eigenvalue weighted by atomic mass is 10.1. The van der Waals surface area contributed by atoms with Gasteiger partial charge in [0.1, 0.15) is 5.75 Å². The molecule has 0 unspecified atom stereocenters. The molecule has 0 bridgehead atoms. The summed E-state index contributed by atoms with van der Waals surface area (Å²) in [6.45, 7) is 2.02. The average Bonchev–Trinajstić information content (AvgIpc) is 2.53. The van der Waals surface area contributed by atoms with Gasteiger partial charge in [0, 0.05) is 6.21 Å². The summed E-state index contributed by atoms with van der Waals surface area (Å²) < 4.78 is 5.13. The minimum Gasteiger partial charge on any atom is -0.497 e. The normalized spacial score (nSPS) is 14.2. The number of methoxy groups -OCH3 is 1. The van der Waals surface area contributed by atoms with E-state index in [4.69, 9.17) is 16.3 Å². The highest BCUT2D eigenvalue weighted by molar-refractivity contribution is 6.21. The molecular formula is C17H18ClNO. The minimum absolute atomic E-state index is 0.0150. The third-order valence-corrected chi connectivity index (χ3v) is 3.73. The van der Waals surface area contributed by atoms with Gasteiger partial charge in [-0.25, -0.2) is 0 Å². The van der Waals surface area contributed by atoms with Gasteiger partial charge in [-0.3, -0.25) is 4.99 Å². The molecule has 0 saturated carbocycles. The van der Waals surface area contributed by atoms with Crippen LogP contribution in [0, 0.1) is 0 Å². The van der Waals surface area contributed by atoms with Crippen molar-refractivity contribution in [3.8, 4) is 5.75 Å². The third kappa shape index (κ3) is 3.84. The number of hydrogen-bond acceptors (Lipinski definition) is 2. The molecule has 0 spiro atoms. The number of hydrogen-bond donors (Lipinski definition) is 0. The molecule has 0 heterocycles. The molecule has 0 amide bonds. The Morgan fingerprint density at radius 3 is 2.30 bits per heavy atom. The topological polar surface area (TPSA) is 21.6 Å². The zero-order valence-electron chi connectivity index (χ0n) is 11.7. The van der Waals surface area contributed by atoms with E-state index < -0.39 is 0 Å². The van der Waals surface area contributed by atoms with E-state index in [9.17, 15) is 0 Å². The molecule has 0 fully saturated rings. The maximum absolute atomic E-state index is 6.44. The first kappa shape index (κ1) is 14.6. The van der Waals surface area contributed by atoms with E-state index in [1.165, 1.54) is 0 Å². The van der Waals surface area contributed by atoms with Crippen molar-refractivity contribution >= 4 is 17.8 Å². The Labute approximate surface area is 125 Å². The predicted molar refractivity (Wildman–Crippen MR) is 85.1 cm³/mol. The number of halogens is 1. The lowest BCUT2D eigenvalue weighted by Gasteiger charge is -2.14. The standard InChI is InChI=1S/C17H18ClNO/c1-13(17(18)15-6-4-3-5-7-15)19-12-14-8-10-16(20-2)11-9-14/h3-13,17H,1-2H3/t13-,17+/m0/s1. The molecule has 2 nitrogen and oxygen atoms in total. The van der Waals surface area contributed by atoms with Crippen LogP contribution in [0.4, 0.5) is 0 Å². The van der Waals surface area contributed by atoms with Crippen LogP contribution in [-0.2, 0) is 0 Å². The Hall–Kier alpha value is -1.80. The van der Waals surface area contributed by atoms with Gasteiger partial charge in [0.15, 0.2) is 0 Å². The molecule has 2 aromatic rings. The van der Waals surface area contributed by atoms with Gasteiger partial charge in [-0.2, -0.15) is 0 Å². The summed E-state index contributed by atoms with van der Waals surface area (Å²) in [4.78, 5) is 4.53. The summed E-state index contributed by atoms with van der Waals surface area (Å²) in [5.41, 5.74) is 2.13. The van der Waals surface area contributed by atoms with Crippen LogP contribution in [-0.4, -0.2) is 19.4 Å². The lowest BCUT2D eigenvalue weighted by molar-refractivity contribution is 0.415. The maximum Gasteiger partial charge on any atom is 0.118 e. The van der Waals surface area contributed by atoms with Crippen molar-refractivity contribution in [1.29, 1.82) is 0 Å². The van der Waals surface area contributed by atoms with Crippen LogP contribution in [0.15, 0.2) is 59.6 Å². The van der Waals surface area contributed by atoms with Crippen LogP contribution < -0.4 is 4.74 Å². The van der Waals surface area contributed by atoms with Crippen LogP contribution in [0.5, 0.6) is 5.75 Å². The number of aliphatic imine (C=N–C) groups is 1. The molecule has 2 rings (SSSR count). The van der Waals surface area contributed by atoms with Gasteiger partial charge < -0.3 is 4.74 Å². The highest BCUT2D eigenvalue weighted by Gasteiger charge is 2.14. The Kier molecular flexibility index (Phi) is 5.19. The molecule has 0 aliphatic carbocycles. The molecule has 0 aromatic heterocycles. The molecule has 2 atom stereocenters. The summed E-state index contributed by atoms with van der Waals surface area (Å²) in [5.74, 6) is 0.842. The smallest absolute Gasteiger partial charge is 0.118 e. The van der Waals surface area contributed by atoms with Gasteiger partial charge in [-0.15, -0.1) is 11.6 Å². The van der Waals surface area contributed by atoms with Crippen molar-refractivity contribution in [2.24, 2.45) is 4.99 Å². The molecule has 2 aromatic carbocycles. The molecule has 0 aliphatic rings. The van der Waals surface area contributed by atoms with Gasteiger partial charge in [-0.1, -0.05) is 30.3 Å². The SMILES string of the molecule is COc1ccc(C=N[C@@H](C)[C@@H](Cl)c2ccccc2)cc1. The van der Waals surface area contributed by atoms with Crippen molar-refractivity contribution < 1.29 is 4.74 Å². The first-order valence-corrected chi connectivity index (χ1v) is 7.00. The third-order valence-electron chi connectivity index (χ3n) is 3.12. The Morgan fingerprint density at radius 2 is 1.70 bits per heavy atom. The van der Waals surface area contributed by atoms with Crippen LogP contribution in [0.25, 0.3) is 0 Å². The molecule has 0 aliphatic heterocycles. The number of rotatable bonds is 5. The van der Waals surface area contributed by atoms with Crippen molar-refractivity contribution in [2.75, 3.05) is 7.11 Å². The molecule has 0 saturated heterocycles. The average molecular weight is 288 g/mol. The summed E-state index contributed by atoms with van der Waals surface area (Å²) in [6.07, 6.45) is 1.85. The van der Waals surface area contributed by atoms with E-state index in [0.29, 0.717) is 0 Å². The molecule has 0 radical (unpaired) electrons. The Bertz CT molecular complexity index is 551. The van der Waals surface area contributed by atoms with Gasteiger partial charge in [0.2, 0.25) is 0 Å². The Morgan fingerprint density at radius 1 is 1.05 bits per heavy atom. The monoisotopic (exact) mass is 287 g/mol. The van der Waals surface area contributed by atoms with Crippen LogP contribution in [0.1, 0.15) is 23.4 Å². The second kappa shape index (κ2) is 7.11. The predicted octanol–water partition coefficient (Wildman–Crippen LogP) is 4.48. The van der Waals surface area contributed by atoms with E-state index in [0.717, 1.165) is 16.9 Å². The second-order valence-electron chi connectivity index (χ2n) is 4.60. The number of ether oxygens (including phenoxy) is 1. The van der Waals surface area contributed by atoms with Crippen molar-refractivity contribution in [3.63, 3.8) is 0 Å². The highest BCUT2D eigenvalue weighted by Crippen LogP contribution is 2.25. The summed E-state index contributed by atoms with van der Waals surface area (Å²) in [6, 6.07) is 17.8. The number of nitrogens with zero attached hydrogens (tertiary/aromatic N) is 1. The zero-order valence-corrected chi connectivity index (χ0v) is 12.4. The van der Waals surface area contributed by atoms with E-state index in [2.05, 4.69) is 4.99 Å². The molecule has 0 N–H and O–H groups in total. The summed E-state index contributed by atoms with van der Waals surface area (Å²) >= 11 is 6.44. The maximum atomic E-state index is 6.44. The van der Waals surface area contributed by atoms with Crippen LogP contribution >= 0.6 is 11.6 Å². The Balaban J connectivity index is 2.02. The van der Waals surface area contributed by atoms with Gasteiger partial charge in [0.25, 0.3) is 0 Å². The van der Waals surface area contributed by atoms with E-state index in [1.807, 2.05) is 67.7 Å². The fourth-order valence-corrected chi connectivity index (χ4v) is 2.10. The highest BCUT2D eigenvalue weighted by atomic mass is 35.5. The van der Waals surface area contributed by atoms with Gasteiger partial charge >= 0.3 is 0 Å². The molecule has 3 heteroatoms. The zero-order chi connectivity index (χ0) is 14.4. The van der Waals surface area contributed by atoms with Gasteiger partial charge in [0.05, 0.1) is 18.5 Å². The summed E-state index contributed by atoms with van der Waals surface area (Å²) in [7, 11) is 1.66. The van der Waals surface area contributed by atoms with Gasteiger partial charge in [-0.05, 0) is 42.3 Å². The largest absolute Gasteiger partial charge is 0.497 e. The quantitative estimate of drug-likeness (QED) is 0.587. The van der Waals surface area contributed by atoms with E-state index in [-0.39, 0.29) is 11.4 Å². The fraction of sp³-hybridized carbons (Fsp3) is 0.235. The molecule has 104 valence electrons. The van der Waals surface area contributed by atoms with Crippen molar-refractivity contribution in [3.05, 3.63) is 65.7 Å². The fourth-order valence-electron chi connectivity index (χ4n) is 1.88. The second-order valence-corrected chi connectivity index (χ2v) is 5.07. The van der Waals surface area contributed by atoms with Crippen LogP contribution in [0.3, 0.4) is 0 Å². The lowest BCUT2D eigenvalue weighted by Crippen LogP contribution is -2.07. The van der Waals surface area contributed by atoms with E-state index in [1.54, 1.807) is 7.11 Å². The van der Waals surface area contributed by atoms with Crippen molar-refractivity contribution in [1.82, 2.24) is 0 Å². The first-order chi connectivity index (χ1) is 9.70. The summed E-state index contributed by atoms with van der Waals surface area (Å²) in [5, 5.41) is -0.120. The van der Waals surface area contributed by atoms with E-state index >= 15 is 0 Å². The number of benzene rings is 2. The molecule has 20 heavy (non-hydrogen) atoms. The first-order valence-electron chi connectivity index (χ1n) is 6.57. The van der Waals surface area contributed by atoms with Crippen LogP contribution in [0.2, 0.25) is 0 Å².